The van der Waals surface area contributed by atoms with Crippen molar-refractivity contribution in [2.45, 2.75) is 90.5 Å². The largest absolute Gasteiger partial charge is 0.356 e. The lowest BCUT2D eigenvalue weighted by Crippen LogP contribution is -2.32. The highest BCUT2D eigenvalue weighted by molar-refractivity contribution is 5.76. The molecule has 0 heterocycles. The highest BCUT2D eigenvalue weighted by Gasteiger charge is 2.07. The maximum atomic E-state index is 11.5. The highest BCUT2D eigenvalue weighted by Crippen LogP contribution is 2.07. The number of rotatable bonds is 13. The second-order valence-electron chi connectivity index (χ2n) is 5.58. The summed E-state index contributed by atoms with van der Waals surface area (Å²) in [5.74, 6) is 0.115. The number of hydrogen-bond acceptors (Lipinski definition) is 2. The molecule has 1 atom stereocenters. The fourth-order valence-corrected chi connectivity index (χ4v) is 2.27. The van der Waals surface area contributed by atoms with Crippen molar-refractivity contribution >= 4 is 5.91 Å². The lowest BCUT2D eigenvalue weighted by Gasteiger charge is -2.10. The zero-order chi connectivity index (χ0) is 14.3. The molecule has 3 nitrogen and oxygen atoms in total. The Labute approximate surface area is 119 Å². The quantitative estimate of drug-likeness (QED) is 0.501. The Balaban J connectivity index is 3.23. The molecule has 1 unspecified atom stereocenters. The van der Waals surface area contributed by atoms with Crippen LogP contribution in [0.1, 0.15) is 84.5 Å². The van der Waals surface area contributed by atoms with Gasteiger partial charge in [0.05, 0.1) is 0 Å². The van der Waals surface area contributed by atoms with E-state index in [1.54, 1.807) is 0 Å². The molecule has 0 aromatic heterocycles. The van der Waals surface area contributed by atoms with Crippen LogP contribution in [0.5, 0.6) is 0 Å². The Hall–Kier alpha value is -0.570. The lowest BCUT2D eigenvalue weighted by atomic mass is 10.1. The first-order chi connectivity index (χ1) is 9.20. The summed E-state index contributed by atoms with van der Waals surface area (Å²) in [4.78, 5) is 11.5. The summed E-state index contributed by atoms with van der Waals surface area (Å²) >= 11 is 0. The molecule has 3 N–H and O–H groups in total. The Bertz CT molecular complexity index is 207. The monoisotopic (exact) mass is 270 g/mol. The second kappa shape index (κ2) is 13.9. The first kappa shape index (κ1) is 18.4. The van der Waals surface area contributed by atoms with Crippen LogP contribution < -0.4 is 11.1 Å². The minimum atomic E-state index is 0.0311. The average molecular weight is 270 g/mol. The molecule has 0 rings (SSSR count). The number of carbonyl (C=O) groups is 1. The van der Waals surface area contributed by atoms with Gasteiger partial charge in [0.1, 0.15) is 0 Å². The SMILES string of the molecule is CCCCCCCCCCNC(=O)CC(N)CCC. The van der Waals surface area contributed by atoms with E-state index >= 15 is 0 Å². The summed E-state index contributed by atoms with van der Waals surface area (Å²) in [5.41, 5.74) is 5.83. The van der Waals surface area contributed by atoms with Gasteiger partial charge in [0, 0.05) is 19.0 Å². The van der Waals surface area contributed by atoms with E-state index in [-0.39, 0.29) is 11.9 Å². The van der Waals surface area contributed by atoms with Crippen LogP contribution in [0.4, 0.5) is 0 Å². The number of carbonyl (C=O) groups excluding carboxylic acids is 1. The van der Waals surface area contributed by atoms with E-state index in [0.717, 1.165) is 25.8 Å². The van der Waals surface area contributed by atoms with Gasteiger partial charge in [-0.25, -0.2) is 0 Å². The van der Waals surface area contributed by atoms with Crippen LogP contribution in [0.3, 0.4) is 0 Å². The van der Waals surface area contributed by atoms with Crippen LogP contribution >= 0.6 is 0 Å². The Kier molecular flexibility index (Phi) is 13.4. The predicted octanol–water partition coefficient (Wildman–Crippen LogP) is 3.76. The molecule has 0 aliphatic heterocycles. The molecule has 0 aliphatic carbocycles. The van der Waals surface area contributed by atoms with Gasteiger partial charge in [-0.05, 0) is 12.8 Å². The standard InChI is InChI=1S/C16H34N2O/c1-3-5-6-7-8-9-10-11-13-18-16(19)14-15(17)12-4-2/h15H,3-14,17H2,1-2H3,(H,18,19). The number of nitrogens with two attached hydrogens (primary N) is 1. The third-order valence-electron chi connectivity index (χ3n) is 3.46. The number of nitrogens with one attached hydrogen (secondary N) is 1. The molecule has 0 fully saturated rings. The van der Waals surface area contributed by atoms with E-state index in [0.29, 0.717) is 6.42 Å². The van der Waals surface area contributed by atoms with Gasteiger partial charge in [0.15, 0.2) is 0 Å². The molecule has 19 heavy (non-hydrogen) atoms. The summed E-state index contributed by atoms with van der Waals surface area (Å²) in [6.45, 7) is 5.15. The molecule has 0 spiro atoms. The van der Waals surface area contributed by atoms with Gasteiger partial charge in [0.2, 0.25) is 5.91 Å². The van der Waals surface area contributed by atoms with E-state index in [1.807, 2.05) is 0 Å². The van der Waals surface area contributed by atoms with Crippen LogP contribution in [-0.2, 0) is 4.79 Å². The Morgan fingerprint density at radius 3 is 2.11 bits per heavy atom. The van der Waals surface area contributed by atoms with Gasteiger partial charge >= 0.3 is 0 Å². The van der Waals surface area contributed by atoms with Gasteiger partial charge in [0.25, 0.3) is 0 Å². The van der Waals surface area contributed by atoms with E-state index in [9.17, 15) is 4.79 Å². The van der Waals surface area contributed by atoms with Crippen molar-refractivity contribution in [3.63, 3.8) is 0 Å². The van der Waals surface area contributed by atoms with Crippen LogP contribution in [0.2, 0.25) is 0 Å². The summed E-state index contributed by atoms with van der Waals surface area (Å²) in [5, 5.41) is 2.96. The summed E-state index contributed by atoms with van der Waals surface area (Å²) in [6, 6.07) is 0.0311. The van der Waals surface area contributed by atoms with Crippen molar-refractivity contribution in [2.24, 2.45) is 5.73 Å². The molecule has 0 aromatic rings. The van der Waals surface area contributed by atoms with E-state index in [1.165, 1.54) is 44.9 Å². The molecule has 1 amide bonds. The molecule has 0 saturated heterocycles. The molecular weight excluding hydrogens is 236 g/mol. The van der Waals surface area contributed by atoms with Crippen LogP contribution in [-0.4, -0.2) is 18.5 Å². The molecule has 114 valence electrons. The summed E-state index contributed by atoms with van der Waals surface area (Å²) in [6.07, 6.45) is 12.9. The van der Waals surface area contributed by atoms with Gasteiger partial charge in [-0.1, -0.05) is 65.2 Å². The Morgan fingerprint density at radius 2 is 1.53 bits per heavy atom. The fraction of sp³-hybridized carbons (Fsp3) is 0.938. The zero-order valence-corrected chi connectivity index (χ0v) is 13.0. The first-order valence-corrected chi connectivity index (χ1v) is 8.23. The third-order valence-corrected chi connectivity index (χ3v) is 3.46. The predicted molar refractivity (Wildman–Crippen MR) is 83.1 cm³/mol. The summed E-state index contributed by atoms with van der Waals surface area (Å²) < 4.78 is 0. The normalized spacial score (nSPS) is 12.4. The molecule has 0 saturated carbocycles. The maximum Gasteiger partial charge on any atom is 0.221 e. The van der Waals surface area contributed by atoms with Gasteiger partial charge < -0.3 is 11.1 Å². The van der Waals surface area contributed by atoms with E-state index in [4.69, 9.17) is 5.73 Å². The van der Waals surface area contributed by atoms with Crippen molar-refractivity contribution in [1.82, 2.24) is 5.32 Å². The van der Waals surface area contributed by atoms with Crippen LogP contribution in [0.25, 0.3) is 0 Å². The minimum Gasteiger partial charge on any atom is -0.356 e. The van der Waals surface area contributed by atoms with Crippen LogP contribution in [0, 0.1) is 0 Å². The van der Waals surface area contributed by atoms with Crippen molar-refractivity contribution < 1.29 is 4.79 Å². The van der Waals surface area contributed by atoms with Crippen molar-refractivity contribution in [1.29, 1.82) is 0 Å². The zero-order valence-electron chi connectivity index (χ0n) is 13.0. The fourth-order valence-electron chi connectivity index (χ4n) is 2.27. The first-order valence-electron chi connectivity index (χ1n) is 8.23. The maximum absolute atomic E-state index is 11.5. The topological polar surface area (TPSA) is 55.1 Å². The van der Waals surface area contributed by atoms with E-state index < -0.39 is 0 Å². The molecule has 0 aliphatic rings. The molecule has 3 heteroatoms. The lowest BCUT2D eigenvalue weighted by molar-refractivity contribution is -0.121. The molecular formula is C16H34N2O. The number of unbranched alkanes of at least 4 members (excludes halogenated alkanes) is 7. The number of hydrogen-bond donors (Lipinski definition) is 2. The van der Waals surface area contributed by atoms with Gasteiger partial charge in [-0.2, -0.15) is 0 Å². The minimum absolute atomic E-state index is 0.0311. The van der Waals surface area contributed by atoms with Crippen molar-refractivity contribution in [3.05, 3.63) is 0 Å². The van der Waals surface area contributed by atoms with Gasteiger partial charge in [-0.3, -0.25) is 4.79 Å². The molecule has 0 aromatic carbocycles. The van der Waals surface area contributed by atoms with Crippen LogP contribution in [0.15, 0.2) is 0 Å². The van der Waals surface area contributed by atoms with Crippen molar-refractivity contribution in [2.75, 3.05) is 6.54 Å². The van der Waals surface area contributed by atoms with E-state index in [2.05, 4.69) is 19.2 Å². The third kappa shape index (κ3) is 13.7. The van der Waals surface area contributed by atoms with Crippen molar-refractivity contribution in [3.8, 4) is 0 Å². The second-order valence-corrected chi connectivity index (χ2v) is 5.58. The summed E-state index contributed by atoms with van der Waals surface area (Å²) in [7, 11) is 0. The highest BCUT2D eigenvalue weighted by atomic mass is 16.1. The Morgan fingerprint density at radius 1 is 0.947 bits per heavy atom. The molecule has 0 bridgehead atoms. The smallest absolute Gasteiger partial charge is 0.221 e. The average Bonchev–Trinajstić information content (AvgIpc) is 2.37. The van der Waals surface area contributed by atoms with Gasteiger partial charge in [-0.15, -0.1) is 0 Å². The molecule has 0 radical (unpaired) electrons. The number of amides is 1.